The molecular weight excluding hydrogens is 84.1 g/mol. The third-order valence-electron chi connectivity index (χ3n) is 0.494. The smallest absolute Gasteiger partial charge is 0.0313 e. The lowest BCUT2D eigenvalue weighted by Crippen LogP contribution is -1.43. The van der Waals surface area contributed by atoms with Crippen LogP contribution in [0.15, 0.2) is 37.0 Å². The minimum absolute atomic E-state index is 1.72. The summed E-state index contributed by atoms with van der Waals surface area (Å²) in [6.45, 7) is 6.98. The quantitative estimate of drug-likeness (QED) is 0.459. The molecule has 0 unspecified atom stereocenters. The lowest BCUT2D eigenvalue weighted by Gasteiger charge is -1.65. The summed E-state index contributed by atoms with van der Waals surface area (Å²) in [6.07, 6.45) is 9.02. The monoisotopic (exact) mass is 93.1 g/mol. The molecule has 0 saturated carbocycles. The molecule has 0 aliphatic heterocycles. The molecule has 0 aliphatic carbocycles. The minimum atomic E-state index is 1.72. The lowest BCUT2D eigenvalue weighted by molar-refractivity contribution is 1.91. The lowest BCUT2D eigenvalue weighted by atomic mass is 10.4. The minimum Gasteiger partial charge on any atom is -0.0991 e. The third-order valence-corrected chi connectivity index (χ3v) is 0.494. The molecule has 0 aromatic carbocycles. The highest BCUT2D eigenvalue weighted by Crippen LogP contribution is 1.74. The van der Waals surface area contributed by atoms with Crippen molar-refractivity contribution in [3.63, 3.8) is 0 Å². The van der Waals surface area contributed by atoms with Gasteiger partial charge in [0.05, 0.1) is 0 Å². The van der Waals surface area contributed by atoms with Gasteiger partial charge in [-0.1, -0.05) is 37.0 Å². The van der Waals surface area contributed by atoms with Crippen LogP contribution in [-0.4, -0.2) is 0 Å². The van der Waals surface area contributed by atoms with Crippen LogP contribution in [0.4, 0.5) is 0 Å². The van der Waals surface area contributed by atoms with Gasteiger partial charge >= 0.3 is 0 Å². The van der Waals surface area contributed by atoms with Crippen LogP contribution < -0.4 is 0 Å². The molecule has 0 rings (SSSR count). The van der Waals surface area contributed by atoms with Gasteiger partial charge in [0.25, 0.3) is 0 Å². The maximum Gasteiger partial charge on any atom is -0.0313 e. The molecule has 0 saturated heterocycles. The molecule has 0 aromatic rings. The van der Waals surface area contributed by atoms with Gasteiger partial charge in [-0.3, -0.25) is 0 Å². The maximum atomic E-state index is 3.49. The average molecular weight is 93.1 g/mol. The summed E-state index contributed by atoms with van der Waals surface area (Å²) in [4.78, 5) is 0. The summed E-state index contributed by atoms with van der Waals surface area (Å²) in [6, 6.07) is 0. The van der Waals surface area contributed by atoms with Crippen molar-refractivity contribution in [1.29, 1.82) is 0 Å². The second-order valence-corrected chi connectivity index (χ2v) is 1.05. The number of hydrogen-bond acceptors (Lipinski definition) is 0. The van der Waals surface area contributed by atoms with E-state index in [0.29, 0.717) is 0 Å². The highest BCUT2D eigenvalue weighted by Gasteiger charge is 1.52. The first-order chi connectivity index (χ1) is 3.41. The summed E-state index contributed by atoms with van der Waals surface area (Å²) in [5, 5.41) is 0. The SMILES string of the molecule is [CH2]/C=C/C=C/C=C. The van der Waals surface area contributed by atoms with Crippen molar-refractivity contribution in [3.8, 4) is 0 Å². The van der Waals surface area contributed by atoms with E-state index in [-0.39, 0.29) is 0 Å². The van der Waals surface area contributed by atoms with Gasteiger partial charge in [0.15, 0.2) is 0 Å². The van der Waals surface area contributed by atoms with Crippen LogP contribution >= 0.6 is 0 Å². The Hall–Kier alpha value is -0.780. The first-order valence-corrected chi connectivity index (χ1v) is 2.15. The standard InChI is InChI=1S/C7H9/c1-3-5-7-6-4-2/h3-7H,1-2H2/b5-3+,7-6+. The van der Waals surface area contributed by atoms with Crippen LogP contribution in [0.1, 0.15) is 0 Å². The van der Waals surface area contributed by atoms with E-state index in [9.17, 15) is 0 Å². The van der Waals surface area contributed by atoms with Crippen LogP contribution in [0.5, 0.6) is 0 Å². The zero-order valence-electron chi connectivity index (χ0n) is 4.30. The zero-order chi connectivity index (χ0) is 5.54. The normalized spacial score (nSPS) is 11.0. The van der Waals surface area contributed by atoms with E-state index in [1.165, 1.54) is 0 Å². The first-order valence-electron chi connectivity index (χ1n) is 2.15. The summed E-state index contributed by atoms with van der Waals surface area (Å²) < 4.78 is 0. The van der Waals surface area contributed by atoms with E-state index in [1.807, 2.05) is 18.2 Å². The summed E-state index contributed by atoms with van der Waals surface area (Å²) in [7, 11) is 0. The van der Waals surface area contributed by atoms with E-state index >= 15 is 0 Å². The largest absolute Gasteiger partial charge is 0.0991 e. The van der Waals surface area contributed by atoms with Gasteiger partial charge in [0.1, 0.15) is 0 Å². The topological polar surface area (TPSA) is 0 Å². The third kappa shape index (κ3) is 5.22. The Morgan fingerprint density at radius 2 is 1.71 bits per heavy atom. The van der Waals surface area contributed by atoms with Gasteiger partial charge in [0.2, 0.25) is 0 Å². The van der Waals surface area contributed by atoms with Crippen LogP contribution in [0, 0.1) is 6.92 Å². The van der Waals surface area contributed by atoms with Crippen LogP contribution in [0.3, 0.4) is 0 Å². The average Bonchev–Trinajstić information content (AvgIpc) is 1.69. The fourth-order valence-corrected chi connectivity index (χ4v) is 0.221. The fraction of sp³-hybridized carbons (Fsp3) is 0. The van der Waals surface area contributed by atoms with Crippen molar-refractivity contribution in [2.24, 2.45) is 0 Å². The van der Waals surface area contributed by atoms with Crippen molar-refractivity contribution >= 4 is 0 Å². The second-order valence-electron chi connectivity index (χ2n) is 1.05. The van der Waals surface area contributed by atoms with Crippen molar-refractivity contribution in [1.82, 2.24) is 0 Å². The van der Waals surface area contributed by atoms with Crippen molar-refractivity contribution in [3.05, 3.63) is 43.9 Å². The summed E-state index contributed by atoms with van der Waals surface area (Å²) >= 11 is 0. The van der Waals surface area contributed by atoms with E-state index in [2.05, 4.69) is 13.5 Å². The van der Waals surface area contributed by atoms with Gasteiger partial charge in [-0.05, 0) is 6.92 Å². The second kappa shape index (κ2) is 5.22. The fourth-order valence-electron chi connectivity index (χ4n) is 0.221. The molecule has 0 atom stereocenters. The van der Waals surface area contributed by atoms with E-state index < -0.39 is 0 Å². The molecule has 37 valence electrons. The molecule has 0 N–H and O–H groups in total. The van der Waals surface area contributed by atoms with Crippen LogP contribution in [0.25, 0.3) is 0 Å². The zero-order valence-corrected chi connectivity index (χ0v) is 4.30. The molecule has 0 spiro atoms. The van der Waals surface area contributed by atoms with Gasteiger partial charge in [-0.2, -0.15) is 0 Å². The Morgan fingerprint density at radius 1 is 1.00 bits per heavy atom. The molecule has 0 amide bonds. The number of rotatable bonds is 2. The molecule has 0 nitrogen and oxygen atoms in total. The van der Waals surface area contributed by atoms with Gasteiger partial charge in [-0.25, -0.2) is 0 Å². The molecule has 0 aliphatic rings. The summed E-state index contributed by atoms with van der Waals surface area (Å²) in [5.41, 5.74) is 0. The van der Waals surface area contributed by atoms with Crippen LogP contribution in [-0.2, 0) is 0 Å². The first kappa shape index (κ1) is 6.22. The molecule has 0 fully saturated rings. The Morgan fingerprint density at radius 3 is 2.14 bits per heavy atom. The highest BCUT2D eigenvalue weighted by molar-refractivity contribution is 5.09. The Balaban J connectivity index is 3.27. The van der Waals surface area contributed by atoms with Crippen LogP contribution in [0.2, 0.25) is 0 Å². The number of hydrogen-bond donors (Lipinski definition) is 0. The molecule has 1 radical (unpaired) electrons. The van der Waals surface area contributed by atoms with E-state index in [0.717, 1.165) is 0 Å². The molecule has 0 bridgehead atoms. The molecule has 7 heavy (non-hydrogen) atoms. The predicted molar refractivity (Wildman–Crippen MR) is 33.8 cm³/mol. The van der Waals surface area contributed by atoms with Gasteiger partial charge in [0, 0.05) is 0 Å². The summed E-state index contributed by atoms with van der Waals surface area (Å²) in [5.74, 6) is 0. The van der Waals surface area contributed by atoms with E-state index in [1.54, 1.807) is 12.2 Å². The van der Waals surface area contributed by atoms with Crippen molar-refractivity contribution < 1.29 is 0 Å². The molecule has 0 aromatic heterocycles. The van der Waals surface area contributed by atoms with Crippen molar-refractivity contribution in [2.75, 3.05) is 0 Å². The predicted octanol–water partition coefficient (Wildman–Crippen LogP) is 2.12. The molecular formula is C7H9. The Bertz CT molecular complexity index is 86.2. The maximum absolute atomic E-state index is 3.49. The van der Waals surface area contributed by atoms with Gasteiger partial charge in [-0.15, -0.1) is 0 Å². The number of allylic oxidation sites excluding steroid dienone is 5. The molecule has 0 heterocycles. The Kier molecular flexibility index (Phi) is 4.64. The van der Waals surface area contributed by atoms with E-state index in [4.69, 9.17) is 0 Å². The molecule has 0 heteroatoms. The highest BCUT2D eigenvalue weighted by atomic mass is 13.6. The van der Waals surface area contributed by atoms with Gasteiger partial charge < -0.3 is 0 Å². The van der Waals surface area contributed by atoms with Crippen molar-refractivity contribution in [2.45, 2.75) is 0 Å². The Labute approximate surface area is 44.9 Å².